The Kier molecular flexibility index (Phi) is 5.46. The normalized spacial score (nSPS) is 16.1. The molecule has 3 atom stereocenters. The average Bonchev–Trinajstić information content (AvgIpc) is 2.38. The third-order valence-corrected chi connectivity index (χ3v) is 3.10. The molecule has 0 unspecified atom stereocenters. The minimum atomic E-state index is -0.587. The van der Waals surface area contributed by atoms with Crippen molar-refractivity contribution in [1.29, 1.82) is 0 Å². The van der Waals surface area contributed by atoms with Gasteiger partial charge in [-0.25, -0.2) is 4.79 Å². The summed E-state index contributed by atoms with van der Waals surface area (Å²) in [5.74, 6) is 0. The Morgan fingerprint density at radius 3 is 2.63 bits per heavy atom. The van der Waals surface area contributed by atoms with Gasteiger partial charge in [0.2, 0.25) is 0 Å². The number of aromatic amines is 1. The topological polar surface area (TPSA) is 96.3 Å². The van der Waals surface area contributed by atoms with Crippen molar-refractivity contribution in [1.82, 2.24) is 14.9 Å². The highest BCUT2D eigenvalue weighted by atomic mass is 16.5. The zero-order valence-corrected chi connectivity index (χ0v) is 11.6. The predicted molar refractivity (Wildman–Crippen MR) is 71.3 cm³/mol. The van der Waals surface area contributed by atoms with Gasteiger partial charge in [0.25, 0.3) is 5.56 Å². The number of aliphatic hydroxyl groups excluding tert-OH is 1. The van der Waals surface area contributed by atoms with Crippen molar-refractivity contribution in [2.45, 2.75) is 39.1 Å². The van der Waals surface area contributed by atoms with E-state index in [1.165, 1.54) is 10.8 Å². The highest BCUT2D eigenvalue weighted by Crippen LogP contribution is 2.10. The Hall–Kier alpha value is -1.44. The highest BCUT2D eigenvalue weighted by molar-refractivity contribution is 5.01. The number of aliphatic hydroxyl groups is 1. The summed E-state index contributed by atoms with van der Waals surface area (Å²) in [6, 6.07) is -0.0630. The second-order valence-corrected chi connectivity index (χ2v) is 4.51. The van der Waals surface area contributed by atoms with E-state index in [1.54, 1.807) is 20.9 Å². The van der Waals surface area contributed by atoms with Crippen molar-refractivity contribution in [2.75, 3.05) is 13.7 Å². The van der Waals surface area contributed by atoms with Crippen LogP contribution in [-0.2, 0) is 4.74 Å². The van der Waals surface area contributed by atoms with Crippen LogP contribution in [0.15, 0.2) is 15.8 Å². The van der Waals surface area contributed by atoms with E-state index in [9.17, 15) is 14.7 Å². The van der Waals surface area contributed by atoms with Gasteiger partial charge in [-0.3, -0.25) is 14.3 Å². The maximum absolute atomic E-state index is 11.7. The third kappa shape index (κ3) is 3.76. The molecule has 3 N–H and O–H groups in total. The second kappa shape index (κ2) is 6.65. The van der Waals surface area contributed by atoms with Crippen LogP contribution in [0.4, 0.5) is 0 Å². The Morgan fingerprint density at radius 2 is 2.11 bits per heavy atom. The summed E-state index contributed by atoms with van der Waals surface area (Å²) >= 11 is 0. The van der Waals surface area contributed by atoms with E-state index < -0.39 is 23.6 Å². The van der Waals surface area contributed by atoms with Crippen LogP contribution in [0.1, 0.15) is 25.6 Å². The fourth-order valence-corrected chi connectivity index (χ4v) is 1.68. The summed E-state index contributed by atoms with van der Waals surface area (Å²) in [4.78, 5) is 25.2. The molecule has 0 spiro atoms. The molecule has 0 aliphatic heterocycles. The minimum absolute atomic E-state index is 0.0630. The lowest BCUT2D eigenvalue weighted by molar-refractivity contribution is -0.0793. The molecule has 1 rings (SSSR count). The maximum atomic E-state index is 11.7. The number of ether oxygens (including phenoxy) is 1. The van der Waals surface area contributed by atoms with Crippen LogP contribution in [0.3, 0.4) is 0 Å². The first-order valence-electron chi connectivity index (χ1n) is 6.16. The number of H-pyrrole nitrogens is 1. The summed E-state index contributed by atoms with van der Waals surface area (Å²) in [6.07, 6.45) is 0.416. The number of aryl methyl sites for hydroxylation is 1. The third-order valence-electron chi connectivity index (χ3n) is 3.10. The van der Waals surface area contributed by atoms with E-state index in [0.717, 1.165) is 0 Å². The summed E-state index contributed by atoms with van der Waals surface area (Å²) in [5, 5.41) is 12.3. The molecule has 0 bridgehead atoms. The fourth-order valence-electron chi connectivity index (χ4n) is 1.68. The summed E-state index contributed by atoms with van der Waals surface area (Å²) in [6.45, 7) is 5.00. The molecular weight excluding hydrogens is 250 g/mol. The van der Waals surface area contributed by atoms with Crippen molar-refractivity contribution < 1.29 is 9.84 Å². The summed E-state index contributed by atoms with van der Waals surface area (Å²) in [5.41, 5.74) is -0.509. The number of hydrogen-bond acceptors (Lipinski definition) is 5. The Morgan fingerprint density at radius 1 is 1.47 bits per heavy atom. The van der Waals surface area contributed by atoms with Crippen LogP contribution in [0.2, 0.25) is 0 Å². The van der Waals surface area contributed by atoms with E-state index in [1.807, 2.05) is 6.92 Å². The number of aromatic nitrogens is 2. The Balaban J connectivity index is 2.95. The van der Waals surface area contributed by atoms with Crippen LogP contribution < -0.4 is 16.6 Å². The first-order valence-corrected chi connectivity index (χ1v) is 6.16. The van der Waals surface area contributed by atoms with Gasteiger partial charge in [-0.05, 0) is 27.8 Å². The first-order chi connectivity index (χ1) is 8.90. The fraction of sp³-hybridized carbons (Fsp3) is 0.667. The zero-order valence-electron chi connectivity index (χ0n) is 11.6. The molecule has 0 fully saturated rings. The Labute approximate surface area is 111 Å². The SMILES string of the molecule is CN[C@H](C)[C@@H](CO)O[C@H](C)n1cc(C)c(=O)[nH]c1=O. The molecule has 0 radical (unpaired) electrons. The van der Waals surface area contributed by atoms with Crippen LogP contribution >= 0.6 is 0 Å². The van der Waals surface area contributed by atoms with Gasteiger partial charge in [0.15, 0.2) is 0 Å². The zero-order chi connectivity index (χ0) is 14.6. The van der Waals surface area contributed by atoms with Gasteiger partial charge in [0.05, 0.1) is 12.7 Å². The summed E-state index contributed by atoms with van der Waals surface area (Å²) < 4.78 is 6.94. The number of likely N-dealkylation sites (N-methyl/N-ethyl adjacent to an activating group) is 1. The molecule has 0 aliphatic carbocycles. The quantitative estimate of drug-likeness (QED) is 0.639. The molecule has 1 heterocycles. The van der Waals surface area contributed by atoms with Gasteiger partial charge < -0.3 is 15.2 Å². The van der Waals surface area contributed by atoms with Crippen LogP contribution in [0.25, 0.3) is 0 Å². The number of nitrogens with zero attached hydrogens (tertiary/aromatic N) is 1. The molecule has 0 saturated carbocycles. The molecule has 19 heavy (non-hydrogen) atoms. The molecule has 1 aromatic heterocycles. The van der Waals surface area contributed by atoms with Crippen molar-refractivity contribution in [3.05, 3.63) is 32.6 Å². The number of rotatable bonds is 6. The standard InChI is InChI=1S/C12H21N3O4/c1-7-5-15(12(18)14-11(7)17)9(3)19-10(6-16)8(2)13-4/h5,8-10,13,16H,6H2,1-4H3,(H,14,17,18)/t8-,9-,10-/m1/s1. The van der Waals surface area contributed by atoms with Gasteiger partial charge in [-0.15, -0.1) is 0 Å². The van der Waals surface area contributed by atoms with E-state index in [0.29, 0.717) is 5.56 Å². The lowest BCUT2D eigenvalue weighted by Gasteiger charge is -2.26. The molecule has 7 nitrogen and oxygen atoms in total. The van der Waals surface area contributed by atoms with Gasteiger partial charge in [-0.2, -0.15) is 0 Å². The van der Waals surface area contributed by atoms with Crippen LogP contribution in [0, 0.1) is 6.92 Å². The lowest BCUT2D eigenvalue weighted by Crippen LogP contribution is -2.42. The molecule has 1 aromatic rings. The molecule has 0 aromatic carbocycles. The van der Waals surface area contributed by atoms with Gasteiger partial charge in [-0.1, -0.05) is 0 Å². The van der Waals surface area contributed by atoms with Crippen LogP contribution in [0.5, 0.6) is 0 Å². The molecule has 108 valence electrons. The second-order valence-electron chi connectivity index (χ2n) is 4.51. The van der Waals surface area contributed by atoms with E-state index in [2.05, 4.69) is 10.3 Å². The monoisotopic (exact) mass is 271 g/mol. The van der Waals surface area contributed by atoms with Gasteiger partial charge >= 0.3 is 5.69 Å². The molecular formula is C12H21N3O4. The van der Waals surface area contributed by atoms with Crippen molar-refractivity contribution >= 4 is 0 Å². The van der Waals surface area contributed by atoms with Crippen molar-refractivity contribution in [2.24, 2.45) is 0 Å². The average molecular weight is 271 g/mol. The molecule has 7 heteroatoms. The van der Waals surface area contributed by atoms with E-state index >= 15 is 0 Å². The Bertz CT molecular complexity index is 522. The van der Waals surface area contributed by atoms with Crippen molar-refractivity contribution in [3.8, 4) is 0 Å². The smallest absolute Gasteiger partial charge is 0.330 e. The molecule has 0 aliphatic rings. The molecule has 0 amide bonds. The largest absolute Gasteiger partial charge is 0.394 e. The minimum Gasteiger partial charge on any atom is -0.394 e. The maximum Gasteiger partial charge on any atom is 0.330 e. The predicted octanol–water partition coefficient (Wildman–Crippen LogP) is -0.651. The van der Waals surface area contributed by atoms with Crippen molar-refractivity contribution in [3.63, 3.8) is 0 Å². The van der Waals surface area contributed by atoms with Gasteiger partial charge in [0, 0.05) is 17.8 Å². The first kappa shape index (κ1) is 15.6. The van der Waals surface area contributed by atoms with E-state index in [4.69, 9.17) is 4.74 Å². The molecule has 0 saturated heterocycles. The van der Waals surface area contributed by atoms with Crippen LogP contribution in [-0.4, -0.2) is 40.5 Å². The number of hydrogen-bond donors (Lipinski definition) is 3. The number of nitrogens with one attached hydrogen (secondary N) is 2. The highest BCUT2D eigenvalue weighted by Gasteiger charge is 2.20. The van der Waals surface area contributed by atoms with E-state index in [-0.39, 0.29) is 12.6 Å². The van der Waals surface area contributed by atoms with Gasteiger partial charge in [0.1, 0.15) is 6.23 Å². The summed E-state index contributed by atoms with van der Waals surface area (Å²) in [7, 11) is 1.76. The lowest BCUT2D eigenvalue weighted by atomic mass is 10.2.